The molecule has 1 aliphatic heterocycles. The lowest BCUT2D eigenvalue weighted by Crippen LogP contribution is -2.35. The van der Waals surface area contributed by atoms with Crippen molar-refractivity contribution in [2.45, 2.75) is 25.3 Å². The predicted molar refractivity (Wildman–Crippen MR) is 44.1 cm³/mol. The highest BCUT2D eigenvalue weighted by atomic mass is 16.2. The molecule has 0 aromatic rings. The molecule has 0 aromatic carbocycles. The van der Waals surface area contributed by atoms with Gasteiger partial charge in [-0.25, -0.2) is 5.11 Å². The van der Waals surface area contributed by atoms with Crippen LogP contribution in [0, 0.1) is 0 Å². The van der Waals surface area contributed by atoms with Gasteiger partial charge in [-0.05, 0) is 32.4 Å². The predicted octanol–water partition coefficient (Wildman–Crippen LogP) is 0.149. The van der Waals surface area contributed by atoms with Crippen LogP contribution in [0.2, 0.25) is 0 Å². The summed E-state index contributed by atoms with van der Waals surface area (Å²) >= 11 is 0. The average molecular weight is 157 g/mol. The maximum atomic E-state index is 10.2. The van der Waals surface area contributed by atoms with Crippen LogP contribution in [-0.2, 0) is 5.11 Å². The van der Waals surface area contributed by atoms with Gasteiger partial charge in [-0.2, -0.15) is 0 Å². The second-order valence-corrected chi connectivity index (χ2v) is 3.06. The van der Waals surface area contributed by atoms with Crippen LogP contribution < -0.4 is 10.6 Å². The highest BCUT2D eigenvalue weighted by molar-refractivity contribution is 4.72. The van der Waals surface area contributed by atoms with Crippen LogP contribution in [-0.4, -0.2) is 32.3 Å². The Balaban J connectivity index is 2.09. The van der Waals surface area contributed by atoms with Crippen molar-refractivity contribution in [2.75, 3.05) is 26.2 Å². The van der Waals surface area contributed by atoms with Crippen LogP contribution in [0.4, 0.5) is 0 Å². The number of hydrogen-bond donors (Lipinski definition) is 2. The molecule has 1 fully saturated rings. The molecule has 3 heteroatoms. The molecule has 1 saturated heterocycles. The first-order valence-corrected chi connectivity index (χ1v) is 4.45. The van der Waals surface area contributed by atoms with E-state index in [1.165, 1.54) is 6.42 Å². The zero-order valence-corrected chi connectivity index (χ0v) is 6.94. The number of rotatable bonds is 3. The van der Waals surface area contributed by atoms with Crippen molar-refractivity contribution in [3.05, 3.63) is 0 Å². The minimum absolute atomic E-state index is 0.0676. The van der Waals surface area contributed by atoms with Crippen LogP contribution in [0.5, 0.6) is 0 Å². The van der Waals surface area contributed by atoms with Gasteiger partial charge in [0.2, 0.25) is 0 Å². The summed E-state index contributed by atoms with van der Waals surface area (Å²) in [5.41, 5.74) is 0. The van der Waals surface area contributed by atoms with Crippen molar-refractivity contribution in [1.82, 2.24) is 10.6 Å². The fraction of sp³-hybridized carbons (Fsp3) is 1.00. The molecular weight excluding hydrogens is 140 g/mol. The summed E-state index contributed by atoms with van der Waals surface area (Å²) in [6.45, 7) is 3.30. The molecule has 0 saturated carbocycles. The maximum Gasteiger partial charge on any atom is 0.0822 e. The summed E-state index contributed by atoms with van der Waals surface area (Å²) < 4.78 is 0. The number of nitrogens with one attached hydrogen (secondary N) is 2. The van der Waals surface area contributed by atoms with Gasteiger partial charge in [0.15, 0.2) is 0 Å². The third-order valence-electron chi connectivity index (χ3n) is 2.05. The lowest BCUT2D eigenvalue weighted by atomic mass is 10.1. The minimum Gasteiger partial charge on any atom is -0.315 e. The van der Waals surface area contributed by atoms with Crippen molar-refractivity contribution in [1.29, 1.82) is 0 Å². The van der Waals surface area contributed by atoms with E-state index in [4.69, 9.17) is 0 Å². The van der Waals surface area contributed by atoms with E-state index in [-0.39, 0.29) is 6.61 Å². The van der Waals surface area contributed by atoms with Gasteiger partial charge in [0.05, 0.1) is 6.61 Å². The molecule has 0 spiro atoms. The van der Waals surface area contributed by atoms with Crippen LogP contribution in [0.25, 0.3) is 0 Å². The van der Waals surface area contributed by atoms with E-state index >= 15 is 0 Å². The van der Waals surface area contributed by atoms with Crippen molar-refractivity contribution < 1.29 is 5.11 Å². The summed E-state index contributed by atoms with van der Waals surface area (Å²) in [6, 6.07) is 0.534. The standard InChI is InChI=1S/C8H17N2O/c11-6-1-3-8-7-9-4-2-5-10-8/h8-10H,1-7H2. The van der Waals surface area contributed by atoms with Crippen molar-refractivity contribution >= 4 is 0 Å². The molecule has 1 unspecified atom stereocenters. The van der Waals surface area contributed by atoms with Crippen molar-refractivity contribution in [3.63, 3.8) is 0 Å². The fourth-order valence-corrected chi connectivity index (χ4v) is 1.40. The zero-order chi connectivity index (χ0) is 7.94. The Morgan fingerprint density at radius 3 is 3.09 bits per heavy atom. The first-order valence-electron chi connectivity index (χ1n) is 4.45. The number of hydrogen-bond acceptors (Lipinski definition) is 2. The largest absolute Gasteiger partial charge is 0.315 e. The normalized spacial score (nSPS) is 26.5. The van der Waals surface area contributed by atoms with Gasteiger partial charge in [0, 0.05) is 12.6 Å². The molecule has 65 valence electrons. The van der Waals surface area contributed by atoms with Gasteiger partial charge in [-0.15, -0.1) is 0 Å². The summed E-state index contributed by atoms with van der Waals surface area (Å²) in [7, 11) is 0. The molecule has 0 aliphatic carbocycles. The third-order valence-corrected chi connectivity index (χ3v) is 2.05. The molecule has 3 nitrogen and oxygen atoms in total. The Labute approximate surface area is 68.2 Å². The zero-order valence-electron chi connectivity index (χ0n) is 6.94. The van der Waals surface area contributed by atoms with E-state index in [0.717, 1.165) is 32.5 Å². The first-order chi connectivity index (χ1) is 5.43. The highest BCUT2D eigenvalue weighted by Gasteiger charge is 2.09. The molecule has 11 heavy (non-hydrogen) atoms. The average Bonchev–Trinajstić information content (AvgIpc) is 2.28. The minimum atomic E-state index is 0.0676. The van der Waals surface area contributed by atoms with E-state index in [9.17, 15) is 5.11 Å². The molecule has 1 atom stereocenters. The van der Waals surface area contributed by atoms with E-state index in [0.29, 0.717) is 6.04 Å². The van der Waals surface area contributed by atoms with Crippen LogP contribution in [0.3, 0.4) is 0 Å². The van der Waals surface area contributed by atoms with E-state index in [1.807, 2.05) is 0 Å². The van der Waals surface area contributed by atoms with E-state index in [1.54, 1.807) is 0 Å². The van der Waals surface area contributed by atoms with Crippen LogP contribution >= 0.6 is 0 Å². The van der Waals surface area contributed by atoms with E-state index < -0.39 is 0 Å². The SMILES string of the molecule is [O]CCCC1CNCCCN1. The van der Waals surface area contributed by atoms with Crippen LogP contribution in [0.15, 0.2) is 0 Å². The smallest absolute Gasteiger partial charge is 0.0822 e. The lowest BCUT2D eigenvalue weighted by molar-refractivity contribution is 0.182. The molecule has 0 bridgehead atoms. The monoisotopic (exact) mass is 157 g/mol. The Morgan fingerprint density at radius 1 is 1.36 bits per heavy atom. The third kappa shape index (κ3) is 3.70. The molecule has 1 rings (SSSR count). The van der Waals surface area contributed by atoms with Gasteiger partial charge in [-0.1, -0.05) is 0 Å². The quantitative estimate of drug-likeness (QED) is 0.612. The summed E-state index contributed by atoms with van der Waals surface area (Å²) in [6.07, 6.45) is 3.03. The van der Waals surface area contributed by atoms with Crippen LogP contribution in [0.1, 0.15) is 19.3 Å². The molecule has 1 heterocycles. The first kappa shape index (κ1) is 8.97. The Bertz CT molecular complexity index is 90.1. The van der Waals surface area contributed by atoms with Crippen molar-refractivity contribution in [3.8, 4) is 0 Å². The second-order valence-electron chi connectivity index (χ2n) is 3.06. The maximum absolute atomic E-state index is 10.2. The fourth-order valence-electron chi connectivity index (χ4n) is 1.40. The molecule has 1 aliphatic rings. The lowest BCUT2D eigenvalue weighted by Gasteiger charge is -2.13. The molecule has 2 N–H and O–H groups in total. The Kier molecular flexibility index (Phi) is 4.50. The molecule has 0 aromatic heterocycles. The van der Waals surface area contributed by atoms with Gasteiger partial charge in [0.1, 0.15) is 0 Å². The second kappa shape index (κ2) is 5.52. The Hall–Kier alpha value is -0.120. The van der Waals surface area contributed by atoms with Crippen molar-refractivity contribution in [2.24, 2.45) is 0 Å². The topological polar surface area (TPSA) is 44.0 Å². The summed E-state index contributed by atoms with van der Waals surface area (Å²) in [5, 5.41) is 17.0. The Morgan fingerprint density at radius 2 is 2.27 bits per heavy atom. The molecule has 0 amide bonds. The highest BCUT2D eigenvalue weighted by Crippen LogP contribution is 1.98. The summed E-state index contributed by atoms with van der Waals surface area (Å²) in [5.74, 6) is 0. The van der Waals surface area contributed by atoms with Gasteiger partial charge < -0.3 is 10.6 Å². The summed E-state index contributed by atoms with van der Waals surface area (Å²) in [4.78, 5) is 0. The van der Waals surface area contributed by atoms with Gasteiger partial charge in [-0.3, -0.25) is 0 Å². The van der Waals surface area contributed by atoms with Gasteiger partial charge in [0.25, 0.3) is 0 Å². The van der Waals surface area contributed by atoms with Gasteiger partial charge >= 0.3 is 0 Å². The van der Waals surface area contributed by atoms with E-state index in [2.05, 4.69) is 10.6 Å². The molecular formula is C8H17N2O. The molecule has 1 radical (unpaired) electrons.